The minimum atomic E-state index is -1.46. The normalized spacial score (nSPS) is 13.1. The SMILES string of the molecule is CCCCCCCCCCCCCCCCP(I)(CC)(CC)CCCCCCCCCCCCCCCC. The number of rotatable bonds is 32. The summed E-state index contributed by atoms with van der Waals surface area (Å²) in [6.07, 6.45) is 47.5. The van der Waals surface area contributed by atoms with Gasteiger partial charge < -0.3 is 0 Å². The zero-order valence-electron chi connectivity index (χ0n) is 27.5. The van der Waals surface area contributed by atoms with Crippen LogP contribution in [0.15, 0.2) is 0 Å². The Morgan fingerprint density at radius 3 is 0.658 bits per heavy atom. The third kappa shape index (κ3) is 23.8. The molecule has 0 heterocycles. The molecule has 0 aliphatic heterocycles. The molecule has 232 valence electrons. The van der Waals surface area contributed by atoms with Crippen LogP contribution in [0.5, 0.6) is 0 Å². The number of hydrogen-bond donors (Lipinski definition) is 0. The smallest absolute Gasteiger partial charge is 0.0654 e. The molecule has 0 bridgehead atoms. The summed E-state index contributed by atoms with van der Waals surface area (Å²) in [7, 11) is 0. The van der Waals surface area contributed by atoms with Crippen LogP contribution >= 0.6 is 26.3 Å². The van der Waals surface area contributed by atoms with Gasteiger partial charge in [0.05, 0.1) is 0 Å². The van der Waals surface area contributed by atoms with E-state index in [2.05, 4.69) is 49.7 Å². The van der Waals surface area contributed by atoms with Crippen molar-refractivity contribution in [3.63, 3.8) is 0 Å². The van der Waals surface area contributed by atoms with Crippen LogP contribution in [-0.4, -0.2) is 24.6 Å². The molecule has 0 aromatic rings. The number of unbranched alkanes of at least 4 members (excludes halogenated alkanes) is 26. The second kappa shape index (κ2) is 28.3. The molecule has 0 aromatic carbocycles. The average molecular weight is 667 g/mol. The number of hydrogen-bond acceptors (Lipinski definition) is 0. The van der Waals surface area contributed by atoms with E-state index in [9.17, 15) is 0 Å². The summed E-state index contributed by atoms with van der Waals surface area (Å²) < 4.78 is -1.46. The fourth-order valence-electron chi connectivity index (χ4n) is 6.37. The Hall–Kier alpha value is 1.16. The van der Waals surface area contributed by atoms with Crippen molar-refractivity contribution in [3.05, 3.63) is 0 Å². The van der Waals surface area contributed by atoms with Crippen molar-refractivity contribution in [3.8, 4) is 0 Å². The van der Waals surface area contributed by atoms with E-state index in [1.807, 2.05) is 0 Å². The quantitative estimate of drug-likeness (QED) is 0.0381. The van der Waals surface area contributed by atoms with Gasteiger partial charge in [-0.1, -0.05) is 52.4 Å². The molecule has 0 unspecified atom stereocenters. The third-order valence-corrected chi connectivity index (χ3v) is 22.7. The molecule has 0 fully saturated rings. The molecule has 0 saturated carbocycles. The summed E-state index contributed by atoms with van der Waals surface area (Å²) in [5.74, 6) is 0. The Bertz CT molecular complexity index is 422. The van der Waals surface area contributed by atoms with Gasteiger partial charge in [0.1, 0.15) is 0 Å². The van der Waals surface area contributed by atoms with Gasteiger partial charge in [0, 0.05) is 0 Å². The number of halogens is 1. The van der Waals surface area contributed by atoms with Crippen LogP contribution < -0.4 is 0 Å². The second-order valence-electron chi connectivity index (χ2n) is 13.1. The topological polar surface area (TPSA) is 0 Å². The maximum absolute atomic E-state index is 3.06. The first-order chi connectivity index (χ1) is 18.5. The Kier molecular flexibility index (Phi) is 29.2. The molecule has 0 nitrogen and oxygen atoms in total. The summed E-state index contributed by atoms with van der Waals surface area (Å²) in [5, 5.41) is 0. The molecular weight excluding hydrogens is 590 g/mol. The molecule has 2 heteroatoms. The second-order valence-corrected chi connectivity index (χ2v) is 27.1. The van der Waals surface area contributed by atoms with E-state index in [-0.39, 0.29) is 0 Å². The zero-order chi connectivity index (χ0) is 28.1. The van der Waals surface area contributed by atoms with Gasteiger partial charge in [-0.25, -0.2) is 0 Å². The monoisotopic (exact) mass is 666 g/mol. The minimum absolute atomic E-state index is 1.37. The summed E-state index contributed by atoms with van der Waals surface area (Å²) >= 11 is 3.06. The summed E-state index contributed by atoms with van der Waals surface area (Å²) in [6, 6.07) is 0. The first-order valence-corrected chi connectivity index (χ1v) is 24.0. The minimum Gasteiger partial charge on any atom is -0.0654 e. The van der Waals surface area contributed by atoms with Crippen molar-refractivity contribution in [1.29, 1.82) is 0 Å². The first-order valence-electron chi connectivity index (χ1n) is 18.3. The molecule has 0 saturated heterocycles. The Labute approximate surface area is 257 Å². The van der Waals surface area contributed by atoms with Gasteiger partial charge in [-0.05, 0) is 0 Å². The van der Waals surface area contributed by atoms with Crippen molar-refractivity contribution < 1.29 is 0 Å². The van der Waals surface area contributed by atoms with Gasteiger partial charge in [-0.15, -0.1) is 0 Å². The molecule has 0 aliphatic rings. The standard InChI is InChI=1S/C36H76IP/c1-5-9-11-13-15-17-19-21-23-25-27-29-31-33-35-38(37,7-3,8-4)36-34-32-30-28-26-24-22-20-18-16-14-12-10-6-2/h5-36H2,1-4H3. The van der Waals surface area contributed by atoms with E-state index < -0.39 is 4.25 Å². The molecule has 0 atom stereocenters. The van der Waals surface area contributed by atoms with Crippen LogP contribution in [-0.2, 0) is 0 Å². The fraction of sp³-hybridized carbons (Fsp3) is 1.00. The molecule has 0 radical (unpaired) electrons. The van der Waals surface area contributed by atoms with E-state index >= 15 is 0 Å². The van der Waals surface area contributed by atoms with Crippen molar-refractivity contribution in [2.75, 3.05) is 24.6 Å². The van der Waals surface area contributed by atoms with E-state index in [1.165, 1.54) is 192 Å². The van der Waals surface area contributed by atoms with Crippen LogP contribution in [0.3, 0.4) is 0 Å². The van der Waals surface area contributed by atoms with Gasteiger partial charge in [-0.2, -0.15) is 0 Å². The van der Waals surface area contributed by atoms with Crippen molar-refractivity contribution in [2.24, 2.45) is 0 Å². The average Bonchev–Trinajstić information content (AvgIpc) is 2.93. The zero-order valence-corrected chi connectivity index (χ0v) is 30.5. The third-order valence-electron chi connectivity index (χ3n) is 9.72. The molecular formula is C36H76IP. The van der Waals surface area contributed by atoms with Gasteiger partial charge in [0.25, 0.3) is 0 Å². The molecule has 0 rings (SSSR count). The Morgan fingerprint density at radius 2 is 0.474 bits per heavy atom. The van der Waals surface area contributed by atoms with Crippen molar-refractivity contribution >= 4 is 26.3 Å². The van der Waals surface area contributed by atoms with Gasteiger partial charge in [0.15, 0.2) is 0 Å². The van der Waals surface area contributed by atoms with Gasteiger partial charge >= 0.3 is 206 Å². The molecule has 0 N–H and O–H groups in total. The predicted octanol–water partition coefficient (Wildman–Crippen LogP) is 14.9. The molecule has 0 amide bonds. The van der Waals surface area contributed by atoms with Crippen LogP contribution in [0.4, 0.5) is 0 Å². The first kappa shape index (κ1) is 39.2. The summed E-state index contributed by atoms with van der Waals surface area (Å²) in [6.45, 7) is 9.68. The van der Waals surface area contributed by atoms with Gasteiger partial charge in [0.2, 0.25) is 0 Å². The van der Waals surface area contributed by atoms with Crippen LogP contribution in [0.2, 0.25) is 0 Å². The molecule has 38 heavy (non-hydrogen) atoms. The van der Waals surface area contributed by atoms with Crippen molar-refractivity contribution in [1.82, 2.24) is 0 Å². The Balaban J connectivity index is 3.70. The molecule has 0 aliphatic carbocycles. The predicted molar refractivity (Wildman–Crippen MR) is 192 cm³/mol. The van der Waals surface area contributed by atoms with Crippen LogP contribution in [0.25, 0.3) is 0 Å². The molecule has 0 spiro atoms. The summed E-state index contributed by atoms with van der Waals surface area (Å²) in [4.78, 5) is 0. The van der Waals surface area contributed by atoms with Crippen LogP contribution in [0, 0.1) is 0 Å². The van der Waals surface area contributed by atoms with E-state index in [0.717, 1.165) is 0 Å². The van der Waals surface area contributed by atoms with Crippen molar-refractivity contribution in [2.45, 2.75) is 207 Å². The maximum atomic E-state index is 3.06. The van der Waals surface area contributed by atoms with E-state index in [0.29, 0.717) is 0 Å². The van der Waals surface area contributed by atoms with E-state index in [1.54, 1.807) is 12.3 Å². The van der Waals surface area contributed by atoms with Gasteiger partial charge in [-0.3, -0.25) is 0 Å². The fourth-order valence-corrected chi connectivity index (χ4v) is 12.4. The Morgan fingerprint density at radius 1 is 0.289 bits per heavy atom. The molecule has 0 aromatic heterocycles. The van der Waals surface area contributed by atoms with Crippen LogP contribution in [0.1, 0.15) is 207 Å². The summed E-state index contributed by atoms with van der Waals surface area (Å²) in [5.41, 5.74) is 0. The van der Waals surface area contributed by atoms with E-state index in [4.69, 9.17) is 0 Å².